The molecule has 0 aliphatic rings. The minimum Gasteiger partial charge on any atom is -0.206 e. The summed E-state index contributed by atoms with van der Waals surface area (Å²) in [5.41, 5.74) is 1.22. The van der Waals surface area contributed by atoms with Gasteiger partial charge < -0.3 is 0 Å². The van der Waals surface area contributed by atoms with Gasteiger partial charge in [0.2, 0.25) is 0 Å². The first-order valence-corrected chi connectivity index (χ1v) is 9.81. The van der Waals surface area contributed by atoms with Crippen molar-refractivity contribution in [2.24, 2.45) is 0 Å². The molecular weight excluding hydrogens is 426 g/mol. The van der Waals surface area contributed by atoms with Gasteiger partial charge in [-0.3, -0.25) is 0 Å². The van der Waals surface area contributed by atoms with Crippen molar-refractivity contribution in [3.05, 3.63) is 95.3 Å². The van der Waals surface area contributed by atoms with Crippen LogP contribution in [0.1, 0.15) is 24.5 Å². The van der Waals surface area contributed by atoms with Gasteiger partial charge in [-0.05, 0) is 53.3 Å². The molecule has 0 N–H and O–H groups in total. The number of rotatable bonds is 5. The summed E-state index contributed by atoms with van der Waals surface area (Å²) in [5, 5.41) is 0. The third-order valence-electron chi connectivity index (χ3n) is 4.69. The van der Waals surface area contributed by atoms with Gasteiger partial charge in [0.15, 0.2) is 0 Å². The fourth-order valence-electron chi connectivity index (χ4n) is 3.13. The van der Waals surface area contributed by atoms with Crippen LogP contribution in [0.5, 0.6) is 0 Å². The largest absolute Gasteiger partial charge is 0.458 e. The Morgan fingerprint density at radius 2 is 1.34 bits per heavy atom. The van der Waals surface area contributed by atoms with Gasteiger partial charge in [0, 0.05) is 11.5 Å². The summed E-state index contributed by atoms with van der Waals surface area (Å²) in [6.45, 7) is 2.05. The Kier molecular flexibility index (Phi) is 7.09. The predicted molar refractivity (Wildman–Crippen MR) is 113 cm³/mol. The highest BCUT2D eigenvalue weighted by Crippen LogP contribution is 2.30. The van der Waals surface area contributed by atoms with Crippen molar-refractivity contribution in [1.29, 1.82) is 0 Å². The van der Waals surface area contributed by atoms with E-state index in [1.54, 1.807) is 6.07 Å². The van der Waals surface area contributed by atoms with Crippen molar-refractivity contribution in [2.75, 3.05) is 0 Å². The van der Waals surface area contributed by atoms with Crippen molar-refractivity contribution in [2.45, 2.75) is 25.9 Å². The smallest absolute Gasteiger partial charge is 0.206 e. The molecule has 0 saturated carbocycles. The number of halogens is 6. The van der Waals surface area contributed by atoms with Gasteiger partial charge in [-0.25, -0.2) is 13.2 Å². The first-order valence-electron chi connectivity index (χ1n) is 9.81. The highest BCUT2D eigenvalue weighted by molar-refractivity contribution is 5.72. The molecular formula is C26H18F6. The number of benzene rings is 3. The Morgan fingerprint density at radius 1 is 0.750 bits per heavy atom. The maximum absolute atomic E-state index is 14.7. The second kappa shape index (κ2) is 9.78. The summed E-state index contributed by atoms with van der Waals surface area (Å²) in [4.78, 5) is 0. The zero-order valence-corrected chi connectivity index (χ0v) is 17.0. The van der Waals surface area contributed by atoms with Crippen molar-refractivity contribution in [1.82, 2.24) is 0 Å². The molecule has 0 aromatic heterocycles. The molecule has 0 atom stereocenters. The number of hydrogen-bond donors (Lipinski definition) is 0. The number of alkyl halides is 3. The lowest BCUT2D eigenvalue weighted by molar-refractivity contribution is -0.0696. The minimum atomic E-state index is -4.89. The average molecular weight is 444 g/mol. The fourth-order valence-corrected chi connectivity index (χ4v) is 3.13. The predicted octanol–water partition coefficient (Wildman–Crippen LogP) is 7.86. The van der Waals surface area contributed by atoms with Gasteiger partial charge in [0.1, 0.15) is 17.5 Å². The first kappa shape index (κ1) is 23.2. The van der Waals surface area contributed by atoms with Crippen LogP contribution in [0.3, 0.4) is 0 Å². The molecule has 0 nitrogen and oxygen atoms in total. The monoisotopic (exact) mass is 444 g/mol. The Bertz CT molecular complexity index is 1170. The van der Waals surface area contributed by atoms with E-state index >= 15 is 0 Å². The molecule has 0 bridgehead atoms. The van der Waals surface area contributed by atoms with Crippen LogP contribution in [0.4, 0.5) is 26.3 Å². The summed E-state index contributed by atoms with van der Waals surface area (Å²) in [5.74, 6) is -1.04. The molecule has 6 heteroatoms. The van der Waals surface area contributed by atoms with Gasteiger partial charge in [0.05, 0.1) is 5.56 Å². The van der Waals surface area contributed by atoms with E-state index in [0.717, 1.165) is 42.0 Å². The van der Waals surface area contributed by atoms with Gasteiger partial charge in [0.25, 0.3) is 0 Å². The summed E-state index contributed by atoms with van der Waals surface area (Å²) in [6.07, 6.45) is 1.01. The average Bonchev–Trinajstić information content (AvgIpc) is 2.73. The topological polar surface area (TPSA) is 0 Å². The normalized spacial score (nSPS) is 11.5. The van der Waals surface area contributed by atoms with Crippen LogP contribution in [0, 0.1) is 29.3 Å². The van der Waals surface area contributed by atoms with E-state index in [4.69, 9.17) is 0 Å². The highest BCUT2D eigenvalue weighted by Gasteiger charge is 2.23. The summed E-state index contributed by atoms with van der Waals surface area (Å²) < 4.78 is 79.7. The molecule has 0 radical (unpaired) electrons. The van der Waals surface area contributed by atoms with Crippen LogP contribution in [0.15, 0.2) is 66.7 Å². The Morgan fingerprint density at radius 3 is 1.91 bits per heavy atom. The van der Waals surface area contributed by atoms with Gasteiger partial charge in [-0.1, -0.05) is 61.4 Å². The van der Waals surface area contributed by atoms with E-state index in [1.807, 2.05) is 24.3 Å². The standard InChI is InChI=1S/C26H18F6/c1-2-3-4-5-17-6-8-18(9-7-17)19-10-11-21(23(27)14-19)20-15-24(28)22(25(29)16-20)12-13-26(30,31)32/h3-4,6-11,14-16H,2,5H2,1H3/b4-3-. The molecule has 0 amide bonds. The Balaban J connectivity index is 1.88. The van der Waals surface area contributed by atoms with Crippen LogP contribution in [-0.2, 0) is 6.42 Å². The van der Waals surface area contributed by atoms with E-state index in [0.29, 0.717) is 5.56 Å². The van der Waals surface area contributed by atoms with Crippen LogP contribution < -0.4 is 0 Å². The quantitative estimate of drug-likeness (QED) is 0.213. The zero-order chi connectivity index (χ0) is 23.3. The van der Waals surface area contributed by atoms with Crippen molar-refractivity contribution >= 4 is 0 Å². The third-order valence-corrected chi connectivity index (χ3v) is 4.69. The first-order chi connectivity index (χ1) is 15.2. The molecule has 3 rings (SSSR count). The molecule has 0 aliphatic heterocycles. The molecule has 32 heavy (non-hydrogen) atoms. The molecule has 0 saturated heterocycles. The SMILES string of the molecule is CC/C=C\Cc1ccc(-c2ccc(-c3cc(F)c(C#CC(F)(F)F)c(F)c3)c(F)c2)cc1. The van der Waals surface area contributed by atoms with Gasteiger partial charge in [-0.15, -0.1) is 0 Å². The van der Waals surface area contributed by atoms with Crippen LogP contribution in [0.2, 0.25) is 0 Å². The van der Waals surface area contributed by atoms with Crippen LogP contribution in [0.25, 0.3) is 22.3 Å². The van der Waals surface area contributed by atoms with Crippen molar-refractivity contribution < 1.29 is 26.3 Å². The Labute approximate surface area is 182 Å². The van der Waals surface area contributed by atoms with Gasteiger partial charge >= 0.3 is 6.18 Å². The maximum Gasteiger partial charge on any atom is 0.458 e. The molecule has 3 aromatic carbocycles. The lowest BCUT2D eigenvalue weighted by atomic mass is 9.97. The van der Waals surface area contributed by atoms with E-state index in [-0.39, 0.29) is 11.1 Å². The molecule has 0 spiro atoms. The molecule has 0 fully saturated rings. The minimum absolute atomic E-state index is 0.0804. The summed E-state index contributed by atoms with van der Waals surface area (Å²) in [7, 11) is 0. The van der Waals surface area contributed by atoms with E-state index < -0.39 is 29.2 Å². The van der Waals surface area contributed by atoms with Gasteiger partial charge in [-0.2, -0.15) is 13.2 Å². The molecule has 0 aliphatic carbocycles. The molecule has 0 heterocycles. The highest BCUT2D eigenvalue weighted by atomic mass is 19.4. The van der Waals surface area contributed by atoms with E-state index in [9.17, 15) is 26.3 Å². The lowest BCUT2D eigenvalue weighted by Crippen LogP contribution is -2.02. The molecule has 0 unspecified atom stereocenters. The van der Waals surface area contributed by atoms with Crippen LogP contribution in [-0.4, -0.2) is 6.18 Å². The number of allylic oxidation sites excluding steroid dienone is 2. The molecule has 164 valence electrons. The Hall–Kier alpha value is -3.46. The maximum atomic E-state index is 14.7. The molecule has 3 aromatic rings. The van der Waals surface area contributed by atoms with E-state index in [1.165, 1.54) is 18.1 Å². The summed E-state index contributed by atoms with van der Waals surface area (Å²) in [6, 6.07) is 13.3. The third kappa shape index (κ3) is 5.82. The number of hydrogen-bond acceptors (Lipinski definition) is 0. The fraction of sp³-hybridized carbons (Fsp3) is 0.154. The van der Waals surface area contributed by atoms with Crippen molar-refractivity contribution in [3.8, 4) is 34.1 Å². The van der Waals surface area contributed by atoms with Crippen LogP contribution >= 0.6 is 0 Å². The lowest BCUT2D eigenvalue weighted by Gasteiger charge is -2.09. The summed E-state index contributed by atoms with van der Waals surface area (Å²) >= 11 is 0. The van der Waals surface area contributed by atoms with Crippen molar-refractivity contribution in [3.63, 3.8) is 0 Å². The second-order valence-electron chi connectivity index (χ2n) is 7.04. The second-order valence-corrected chi connectivity index (χ2v) is 7.04. The zero-order valence-electron chi connectivity index (χ0n) is 17.0. The van der Waals surface area contributed by atoms with E-state index in [2.05, 4.69) is 19.1 Å².